The van der Waals surface area contributed by atoms with Gasteiger partial charge in [0.1, 0.15) is 11.5 Å². The molecule has 0 saturated heterocycles. The van der Waals surface area contributed by atoms with Crippen molar-refractivity contribution in [1.82, 2.24) is 14.4 Å². The summed E-state index contributed by atoms with van der Waals surface area (Å²) in [6.07, 6.45) is 1.91. The zero-order valence-corrected chi connectivity index (χ0v) is 19.0. The number of methoxy groups -OCH3 is 1. The fourth-order valence-electron chi connectivity index (χ4n) is 4.58. The van der Waals surface area contributed by atoms with Crippen molar-refractivity contribution < 1.29 is 18.7 Å². The molecule has 2 amide bonds. The lowest BCUT2D eigenvalue weighted by Gasteiger charge is -2.34. The summed E-state index contributed by atoms with van der Waals surface area (Å²) in [5.74, 6) is -1.23. The molecule has 0 fully saturated rings. The number of hydrogen-bond acceptors (Lipinski definition) is 4. The molecule has 7 nitrogen and oxygen atoms in total. The van der Waals surface area contributed by atoms with Crippen LogP contribution in [0.2, 0.25) is 5.02 Å². The Labute approximate surface area is 190 Å². The van der Waals surface area contributed by atoms with Crippen molar-refractivity contribution >= 4 is 23.4 Å². The highest BCUT2D eigenvalue weighted by Crippen LogP contribution is 2.33. The molecule has 170 valence electrons. The average molecular weight is 462 g/mol. The van der Waals surface area contributed by atoms with Crippen LogP contribution in [-0.2, 0) is 13.0 Å². The summed E-state index contributed by atoms with van der Waals surface area (Å²) in [6, 6.07) is 4.11. The highest BCUT2D eigenvalue weighted by molar-refractivity contribution is 6.30. The van der Waals surface area contributed by atoms with E-state index in [-0.39, 0.29) is 40.5 Å². The van der Waals surface area contributed by atoms with Crippen molar-refractivity contribution in [2.45, 2.75) is 38.8 Å². The maximum atomic E-state index is 13.5. The molecule has 0 radical (unpaired) electrons. The van der Waals surface area contributed by atoms with Gasteiger partial charge in [0.15, 0.2) is 5.75 Å². The third-order valence-corrected chi connectivity index (χ3v) is 6.56. The number of aromatic nitrogens is 1. The van der Waals surface area contributed by atoms with Crippen LogP contribution < -0.4 is 10.3 Å². The van der Waals surface area contributed by atoms with Crippen LogP contribution in [0, 0.1) is 5.82 Å². The minimum Gasteiger partial charge on any atom is -0.490 e. The van der Waals surface area contributed by atoms with E-state index in [4.69, 9.17) is 16.3 Å². The Balaban J connectivity index is 1.84. The van der Waals surface area contributed by atoms with Crippen molar-refractivity contribution in [2.75, 3.05) is 27.2 Å². The van der Waals surface area contributed by atoms with Crippen LogP contribution in [0.1, 0.15) is 57.8 Å². The number of amides is 2. The van der Waals surface area contributed by atoms with E-state index in [9.17, 15) is 18.8 Å². The van der Waals surface area contributed by atoms with Gasteiger partial charge in [0.05, 0.1) is 17.7 Å². The van der Waals surface area contributed by atoms with Crippen molar-refractivity contribution in [3.8, 4) is 5.75 Å². The molecule has 1 aromatic carbocycles. The normalized spacial score (nSPS) is 18.7. The first-order valence-electron chi connectivity index (χ1n) is 10.6. The molecule has 2 aliphatic heterocycles. The lowest BCUT2D eigenvalue weighted by atomic mass is 9.93. The molecular weight excluding hydrogens is 437 g/mol. The first-order chi connectivity index (χ1) is 15.2. The zero-order valence-electron chi connectivity index (χ0n) is 18.3. The zero-order chi connectivity index (χ0) is 23.2. The summed E-state index contributed by atoms with van der Waals surface area (Å²) in [6.45, 7) is 3.04. The number of carbonyl (C=O) groups excluding carboxylic acids is 2. The first kappa shape index (κ1) is 22.3. The summed E-state index contributed by atoms with van der Waals surface area (Å²) in [5, 5.41) is -0.0211. The maximum Gasteiger partial charge on any atom is 0.294 e. The van der Waals surface area contributed by atoms with Gasteiger partial charge in [0.25, 0.3) is 17.4 Å². The highest BCUT2D eigenvalue weighted by Gasteiger charge is 2.37. The van der Waals surface area contributed by atoms with Crippen molar-refractivity contribution in [3.63, 3.8) is 0 Å². The molecule has 1 aromatic heterocycles. The van der Waals surface area contributed by atoms with Gasteiger partial charge in [0, 0.05) is 38.3 Å². The van der Waals surface area contributed by atoms with Gasteiger partial charge in [-0.1, -0.05) is 17.7 Å². The van der Waals surface area contributed by atoms with Gasteiger partial charge < -0.3 is 14.5 Å². The summed E-state index contributed by atoms with van der Waals surface area (Å²) < 4.78 is 20.4. The molecule has 1 atom stereocenters. The number of hydrogen-bond donors (Lipinski definition) is 0. The highest BCUT2D eigenvalue weighted by atomic mass is 35.5. The van der Waals surface area contributed by atoms with Crippen LogP contribution in [-0.4, -0.2) is 53.4 Å². The Bertz CT molecular complexity index is 1160. The quantitative estimate of drug-likeness (QED) is 0.703. The molecule has 0 bridgehead atoms. The van der Waals surface area contributed by atoms with Gasteiger partial charge in [-0.3, -0.25) is 19.0 Å². The topological polar surface area (TPSA) is 71.8 Å². The third-order valence-electron chi connectivity index (χ3n) is 6.27. The SMILES string of the molecule is COc1c2c(c3n(c1=O)C(C)CCCN(C)C3=O)CCN(Cc1ccc(F)c(Cl)c1)C2=O. The predicted octanol–water partition coefficient (Wildman–Crippen LogP) is 3.27. The van der Waals surface area contributed by atoms with E-state index in [2.05, 4.69) is 0 Å². The number of pyridine rings is 1. The van der Waals surface area contributed by atoms with Gasteiger partial charge >= 0.3 is 0 Å². The van der Waals surface area contributed by atoms with E-state index in [1.54, 1.807) is 22.9 Å². The number of benzene rings is 1. The minimum atomic E-state index is -0.532. The maximum absolute atomic E-state index is 13.5. The molecule has 0 aliphatic carbocycles. The molecule has 1 unspecified atom stereocenters. The number of halogens is 2. The second-order valence-electron chi connectivity index (χ2n) is 8.35. The van der Waals surface area contributed by atoms with Crippen LogP contribution >= 0.6 is 11.6 Å². The lowest BCUT2D eigenvalue weighted by molar-refractivity contribution is 0.0714. The van der Waals surface area contributed by atoms with Gasteiger partial charge in [-0.25, -0.2) is 4.39 Å². The number of fused-ring (bicyclic) bond motifs is 3. The molecule has 0 spiro atoms. The smallest absolute Gasteiger partial charge is 0.294 e. The molecule has 2 aromatic rings. The number of carbonyl (C=O) groups is 2. The lowest BCUT2D eigenvalue weighted by Crippen LogP contribution is -2.45. The van der Waals surface area contributed by atoms with Gasteiger partial charge in [-0.15, -0.1) is 0 Å². The molecule has 0 saturated carbocycles. The van der Waals surface area contributed by atoms with Crippen LogP contribution in [0.5, 0.6) is 5.75 Å². The number of ether oxygens (including phenoxy) is 1. The van der Waals surface area contributed by atoms with Gasteiger partial charge in [0.2, 0.25) is 0 Å². The molecule has 3 heterocycles. The second kappa shape index (κ2) is 8.58. The Morgan fingerprint density at radius 1 is 1.19 bits per heavy atom. The predicted molar refractivity (Wildman–Crippen MR) is 118 cm³/mol. The van der Waals surface area contributed by atoms with E-state index in [1.165, 1.54) is 23.8 Å². The van der Waals surface area contributed by atoms with Crippen molar-refractivity contribution in [3.05, 3.63) is 61.8 Å². The van der Waals surface area contributed by atoms with E-state index in [0.29, 0.717) is 30.6 Å². The summed E-state index contributed by atoms with van der Waals surface area (Å²) in [7, 11) is 3.07. The molecule has 0 N–H and O–H groups in total. The molecular formula is C23H25ClFN3O4. The van der Waals surface area contributed by atoms with Gasteiger partial charge in [-0.2, -0.15) is 0 Å². The number of rotatable bonds is 3. The van der Waals surface area contributed by atoms with Gasteiger partial charge in [-0.05, 0) is 43.9 Å². The second-order valence-corrected chi connectivity index (χ2v) is 8.76. The first-order valence-corrected chi connectivity index (χ1v) is 11.0. The van der Waals surface area contributed by atoms with Crippen LogP contribution in [0.4, 0.5) is 4.39 Å². The van der Waals surface area contributed by atoms with E-state index in [0.717, 1.165) is 12.8 Å². The number of nitrogens with zero attached hydrogens (tertiary/aromatic N) is 3. The molecule has 2 aliphatic rings. The Kier molecular flexibility index (Phi) is 5.99. The van der Waals surface area contributed by atoms with E-state index >= 15 is 0 Å². The Morgan fingerprint density at radius 3 is 2.62 bits per heavy atom. The van der Waals surface area contributed by atoms with Crippen molar-refractivity contribution in [1.29, 1.82) is 0 Å². The van der Waals surface area contributed by atoms with Crippen LogP contribution in [0.15, 0.2) is 23.0 Å². The van der Waals surface area contributed by atoms with Crippen LogP contribution in [0.3, 0.4) is 0 Å². The molecule has 32 heavy (non-hydrogen) atoms. The van der Waals surface area contributed by atoms with Crippen LogP contribution in [0.25, 0.3) is 0 Å². The van der Waals surface area contributed by atoms with E-state index < -0.39 is 17.3 Å². The summed E-state index contributed by atoms with van der Waals surface area (Å²) >= 11 is 5.88. The average Bonchev–Trinajstić information content (AvgIpc) is 2.76. The molecule has 4 rings (SSSR count). The fourth-order valence-corrected chi connectivity index (χ4v) is 4.78. The Hall–Kier alpha value is -2.87. The van der Waals surface area contributed by atoms with Crippen molar-refractivity contribution in [2.24, 2.45) is 0 Å². The Morgan fingerprint density at radius 2 is 1.94 bits per heavy atom. The minimum absolute atomic E-state index is 0.0211. The van der Waals surface area contributed by atoms with E-state index in [1.807, 2.05) is 6.92 Å². The largest absolute Gasteiger partial charge is 0.490 e. The monoisotopic (exact) mass is 461 g/mol. The standard InChI is InChI=1S/C23H25ClFN3O4/c1-13-5-4-9-26(2)22(30)19-15-8-10-27(12-14-6-7-17(25)16(24)11-14)21(29)18(15)20(32-3)23(31)28(13)19/h6-7,11,13H,4-5,8-10,12H2,1-3H3. The fraction of sp³-hybridized carbons (Fsp3) is 0.435. The summed E-state index contributed by atoms with van der Waals surface area (Å²) in [5.41, 5.74) is 1.15. The molecule has 9 heteroatoms. The third kappa shape index (κ3) is 3.66. The summed E-state index contributed by atoms with van der Waals surface area (Å²) in [4.78, 5) is 43.3.